The summed E-state index contributed by atoms with van der Waals surface area (Å²) >= 11 is 0. The Morgan fingerprint density at radius 1 is 1.67 bits per heavy atom. The van der Waals surface area contributed by atoms with Gasteiger partial charge >= 0.3 is 0 Å². The topological polar surface area (TPSA) is 56.0 Å². The van der Waals surface area contributed by atoms with Crippen molar-refractivity contribution in [3.05, 3.63) is 30.1 Å². The Bertz CT molecular complexity index is 250. The minimum Gasteiger partial charge on any atom is -0.366 e. The fourth-order valence-electron chi connectivity index (χ4n) is 0.494. The van der Waals surface area contributed by atoms with Crippen LogP contribution in [0.3, 0.4) is 0 Å². The van der Waals surface area contributed by atoms with Crippen molar-refractivity contribution in [2.75, 3.05) is 0 Å². The Labute approximate surface area is 55.4 Å². The molecule has 0 bridgehead atoms. The van der Waals surface area contributed by atoms with E-state index in [9.17, 15) is 4.79 Å². The summed E-state index contributed by atoms with van der Waals surface area (Å²) in [7, 11) is 0. The molecule has 0 fully saturated rings. The van der Waals surface area contributed by atoms with Gasteiger partial charge in [0.15, 0.2) is 2.82 Å². The third-order valence-corrected chi connectivity index (χ3v) is 0.927. The Kier molecular flexibility index (Phi) is 0.906. The lowest BCUT2D eigenvalue weighted by Crippen LogP contribution is -2.10. The zero-order valence-corrected chi connectivity index (χ0v) is 4.61. The predicted octanol–water partition coefficient (Wildman–Crippen LogP) is 0.181. The van der Waals surface area contributed by atoms with Crippen LogP contribution in [0, 0.1) is 0 Å². The highest BCUT2D eigenvalue weighted by Crippen LogP contribution is 1.91. The molecule has 0 aliphatic rings. The lowest BCUT2D eigenvalue weighted by molar-refractivity contribution is 0.1000. The molecule has 0 aromatic carbocycles. The van der Waals surface area contributed by atoms with E-state index in [0.29, 0.717) is 5.56 Å². The van der Waals surface area contributed by atoms with Crippen molar-refractivity contribution in [2.45, 2.75) is 0 Å². The van der Waals surface area contributed by atoms with E-state index in [0.717, 1.165) is 0 Å². The molecule has 0 atom stereocenters. The van der Waals surface area contributed by atoms with E-state index in [1.165, 1.54) is 24.5 Å². The number of aromatic nitrogens is 1. The van der Waals surface area contributed by atoms with E-state index < -0.39 is 5.91 Å². The average Bonchev–Trinajstić information content (AvgIpc) is 2.05. The van der Waals surface area contributed by atoms with Crippen LogP contribution in [0.25, 0.3) is 0 Å². The SMILES string of the molecule is [2H]N([2H])C(=O)c1ccncc1. The summed E-state index contributed by atoms with van der Waals surface area (Å²) in [5.74, 6) is -0.660. The first-order valence-electron chi connectivity index (χ1n) is 3.33. The molecule has 0 saturated heterocycles. The molecule has 3 nitrogen and oxygen atoms in total. The molecular weight excluding hydrogens is 116 g/mol. The van der Waals surface area contributed by atoms with E-state index in [1.807, 2.05) is 0 Å². The third kappa shape index (κ3) is 1.25. The van der Waals surface area contributed by atoms with E-state index in [4.69, 9.17) is 2.82 Å². The van der Waals surface area contributed by atoms with E-state index in [1.54, 1.807) is 0 Å². The molecule has 1 rings (SSSR count). The van der Waals surface area contributed by atoms with Gasteiger partial charge in [-0.2, -0.15) is 0 Å². The summed E-state index contributed by atoms with van der Waals surface area (Å²) in [6, 6.07) is 2.91. The standard InChI is InChI=1S/C6H6N2O/c7-6(9)5-1-3-8-4-2-5/h1-4H,(H2,7,9)/i/hD2. The van der Waals surface area contributed by atoms with Gasteiger partial charge in [0.05, 0.1) is 0 Å². The van der Waals surface area contributed by atoms with Gasteiger partial charge in [-0.25, -0.2) is 0 Å². The molecule has 3 heteroatoms. The Morgan fingerprint density at radius 2 is 2.33 bits per heavy atom. The van der Waals surface area contributed by atoms with E-state index >= 15 is 0 Å². The minimum absolute atomic E-state index is 0.0370. The van der Waals surface area contributed by atoms with Crippen molar-refractivity contribution in [3.8, 4) is 0 Å². The maximum Gasteiger partial charge on any atom is 0.248 e. The number of rotatable bonds is 1. The van der Waals surface area contributed by atoms with Crippen molar-refractivity contribution >= 4 is 5.91 Å². The van der Waals surface area contributed by atoms with Crippen LogP contribution in [0.15, 0.2) is 24.5 Å². The summed E-state index contributed by atoms with van der Waals surface area (Å²) in [6.45, 7) is 0. The normalized spacial score (nSPS) is 11.6. The lowest BCUT2D eigenvalue weighted by atomic mass is 10.3. The first kappa shape index (κ1) is 3.61. The van der Waals surface area contributed by atoms with Crippen LogP contribution in [-0.2, 0) is 0 Å². The Balaban J connectivity index is 2.86. The smallest absolute Gasteiger partial charge is 0.248 e. The van der Waals surface area contributed by atoms with Crippen LogP contribution in [0.5, 0.6) is 0 Å². The Morgan fingerprint density at radius 3 is 2.89 bits per heavy atom. The Hall–Kier alpha value is -1.38. The average molecular weight is 124 g/mol. The van der Waals surface area contributed by atoms with Crippen molar-refractivity contribution in [3.63, 3.8) is 0 Å². The molecule has 1 aromatic rings. The van der Waals surface area contributed by atoms with Crippen molar-refractivity contribution < 1.29 is 7.62 Å². The maximum absolute atomic E-state index is 10.9. The largest absolute Gasteiger partial charge is 0.366 e. The molecule has 0 aliphatic heterocycles. The van der Waals surface area contributed by atoms with Crippen LogP contribution in [0.1, 0.15) is 10.4 Å². The van der Waals surface area contributed by atoms with Gasteiger partial charge in [0.2, 0.25) is 5.91 Å². The fourth-order valence-corrected chi connectivity index (χ4v) is 0.494. The van der Waals surface area contributed by atoms with Crippen LogP contribution >= 0.6 is 0 Å². The maximum atomic E-state index is 10.9. The number of carbonyl (C=O) groups is 1. The molecule has 0 unspecified atom stereocenters. The quantitative estimate of drug-likeness (QED) is 0.580. The second-order valence-electron chi connectivity index (χ2n) is 1.54. The molecule has 0 radical (unpaired) electrons. The van der Waals surface area contributed by atoms with Gasteiger partial charge < -0.3 is 5.72 Å². The zero-order chi connectivity index (χ0) is 8.27. The second kappa shape index (κ2) is 2.26. The van der Waals surface area contributed by atoms with Crippen LogP contribution in [0.4, 0.5) is 0 Å². The highest BCUT2D eigenvalue weighted by Gasteiger charge is 1.94. The van der Waals surface area contributed by atoms with Crippen molar-refractivity contribution in [1.29, 1.82) is 0 Å². The zero-order valence-electron chi connectivity index (χ0n) is 6.61. The van der Waals surface area contributed by atoms with E-state index in [2.05, 4.69) is 4.98 Å². The molecule has 9 heavy (non-hydrogen) atoms. The number of nitrogens with zero attached hydrogens (tertiary/aromatic N) is 1. The molecule has 0 spiro atoms. The number of pyridine rings is 1. The monoisotopic (exact) mass is 124 g/mol. The van der Waals surface area contributed by atoms with Crippen LogP contribution < -0.4 is 5.72 Å². The number of hydrogen-bond acceptors (Lipinski definition) is 2. The van der Waals surface area contributed by atoms with Crippen LogP contribution in [-0.4, -0.2) is 10.9 Å². The number of carbonyl (C=O) groups excluding carboxylic acids is 1. The van der Waals surface area contributed by atoms with Gasteiger partial charge in [0, 0.05) is 18.0 Å². The van der Waals surface area contributed by atoms with Crippen molar-refractivity contribution in [1.82, 2.24) is 4.98 Å². The minimum atomic E-state index is -0.660. The molecular formula is C6H6N2O. The molecule has 0 aliphatic carbocycles. The third-order valence-electron chi connectivity index (χ3n) is 0.927. The predicted molar refractivity (Wildman–Crippen MR) is 32.8 cm³/mol. The number of amides is 1. The second-order valence-corrected chi connectivity index (χ2v) is 1.54. The van der Waals surface area contributed by atoms with Gasteiger partial charge in [0.25, 0.3) is 0 Å². The summed E-state index contributed by atoms with van der Waals surface area (Å²) in [5, 5.41) is 0. The van der Waals surface area contributed by atoms with Gasteiger partial charge in [-0.3, -0.25) is 9.78 Å². The summed E-state index contributed by atoms with van der Waals surface area (Å²) in [5.41, 5.74) is 0.333. The van der Waals surface area contributed by atoms with E-state index in [-0.39, 0.29) is 5.72 Å². The summed E-state index contributed by atoms with van der Waals surface area (Å²) in [4.78, 5) is 14.6. The van der Waals surface area contributed by atoms with Crippen LogP contribution in [0.2, 0.25) is 2.82 Å². The highest BCUT2D eigenvalue weighted by molar-refractivity contribution is 5.92. The van der Waals surface area contributed by atoms with Gasteiger partial charge in [0.1, 0.15) is 0 Å². The molecule has 1 amide bonds. The summed E-state index contributed by atoms with van der Waals surface area (Å²) < 4.78 is 13.3. The molecule has 2 N–H and O–H groups in total. The number of primary amides is 1. The first-order chi connectivity index (χ1) is 5.22. The van der Waals surface area contributed by atoms with Gasteiger partial charge in [-0.05, 0) is 12.1 Å². The molecule has 1 heterocycles. The van der Waals surface area contributed by atoms with Gasteiger partial charge in [-0.15, -0.1) is 0 Å². The lowest BCUT2D eigenvalue weighted by Gasteiger charge is -1.88. The summed E-state index contributed by atoms with van der Waals surface area (Å²) in [6.07, 6.45) is 2.88. The van der Waals surface area contributed by atoms with Gasteiger partial charge in [-0.1, -0.05) is 0 Å². The van der Waals surface area contributed by atoms with Crippen molar-refractivity contribution in [2.24, 2.45) is 5.72 Å². The number of hydrogen-bond donors (Lipinski definition) is 1. The highest BCUT2D eigenvalue weighted by atomic mass is 16.1. The molecule has 1 aromatic heterocycles. The number of nitrogens with two attached hydrogens (primary N) is 1. The first-order valence-corrected chi connectivity index (χ1v) is 2.44. The fraction of sp³-hybridized carbons (Fsp3) is 0. The molecule has 46 valence electrons. The molecule has 0 saturated carbocycles.